The van der Waals surface area contributed by atoms with Gasteiger partial charge >= 0.3 is 11.9 Å². The van der Waals surface area contributed by atoms with Gasteiger partial charge in [0.15, 0.2) is 0 Å². The molecule has 11 N–H and O–H groups in total. The standard InChI is InChI=1S/C29H34N6O9/c30-19(11-15-5-7-17(36)8-6-15)26(40)34-22(13-24(31)37)28(42)33-21(9-10-25(38)39)27(41)35-23(29(43)44)12-16-14-32-20-4-2-1-3-18(16)20/h1-8,14,19,21-23,32,36H,9-13,30H2,(H2,31,37)(H,33,42)(H,34,40)(H,35,41)(H,38,39)(H,43,44). The number of carbonyl (C=O) groups is 6. The van der Waals surface area contributed by atoms with Crippen LogP contribution in [0, 0.1) is 0 Å². The predicted octanol–water partition coefficient (Wildman–Crippen LogP) is -0.735. The average Bonchev–Trinajstić information content (AvgIpc) is 3.37. The number of benzene rings is 2. The van der Waals surface area contributed by atoms with E-state index in [0.717, 1.165) is 10.9 Å². The van der Waals surface area contributed by atoms with Crippen LogP contribution >= 0.6 is 0 Å². The molecule has 2 aromatic carbocycles. The molecule has 0 spiro atoms. The van der Waals surface area contributed by atoms with E-state index < -0.39 is 79.0 Å². The Balaban J connectivity index is 1.73. The smallest absolute Gasteiger partial charge is 0.326 e. The van der Waals surface area contributed by atoms with E-state index in [4.69, 9.17) is 11.5 Å². The number of para-hydroxylation sites is 1. The van der Waals surface area contributed by atoms with E-state index in [0.29, 0.717) is 11.1 Å². The minimum Gasteiger partial charge on any atom is -0.508 e. The SMILES string of the molecule is NC(=O)CC(NC(=O)C(N)Cc1ccc(O)cc1)C(=O)NC(CCC(=O)O)C(=O)NC(Cc1c[nH]c2ccccc12)C(=O)O. The van der Waals surface area contributed by atoms with E-state index in [2.05, 4.69) is 20.9 Å². The van der Waals surface area contributed by atoms with Crippen LogP contribution in [0.15, 0.2) is 54.7 Å². The molecule has 0 bridgehead atoms. The number of carboxylic acid groups (broad SMARTS) is 2. The second-order valence-electron chi connectivity index (χ2n) is 10.2. The highest BCUT2D eigenvalue weighted by molar-refractivity contribution is 5.96. The van der Waals surface area contributed by atoms with Crippen LogP contribution in [0.2, 0.25) is 0 Å². The summed E-state index contributed by atoms with van der Waals surface area (Å²) < 4.78 is 0. The lowest BCUT2D eigenvalue weighted by Crippen LogP contribution is -2.58. The summed E-state index contributed by atoms with van der Waals surface area (Å²) in [6.07, 6.45) is -0.153. The lowest BCUT2D eigenvalue weighted by atomic mass is 10.0. The number of primary amides is 1. The van der Waals surface area contributed by atoms with Crippen LogP contribution in [0.3, 0.4) is 0 Å². The highest BCUT2D eigenvalue weighted by Crippen LogP contribution is 2.19. The van der Waals surface area contributed by atoms with Crippen molar-refractivity contribution in [2.75, 3.05) is 0 Å². The summed E-state index contributed by atoms with van der Waals surface area (Å²) in [6, 6.07) is 7.32. The number of aromatic amines is 1. The highest BCUT2D eigenvalue weighted by atomic mass is 16.4. The number of carbonyl (C=O) groups excluding carboxylic acids is 4. The second-order valence-corrected chi connectivity index (χ2v) is 10.2. The minimum absolute atomic E-state index is 0.0131. The molecule has 3 aromatic rings. The number of rotatable bonds is 16. The van der Waals surface area contributed by atoms with Crippen molar-refractivity contribution in [3.8, 4) is 5.75 Å². The summed E-state index contributed by atoms with van der Waals surface area (Å²) in [5, 5.41) is 36.1. The molecule has 0 fully saturated rings. The van der Waals surface area contributed by atoms with Crippen molar-refractivity contribution < 1.29 is 44.1 Å². The van der Waals surface area contributed by atoms with Gasteiger partial charge in [-0.15, -0.1) is 0 Å². The van der Waals surface area contributed by atoms with Crippen molar-refractivity contribution >= 4 is 46.5 Å². The van der Waals surface area contributed by atoms with E-state index in [1.807, 2.05) is 0 Å². The Morgan fingerprint density at radius 2 is 1.41 bits per heavy atom. The lowest BCUT2D eigenvalue weighted by Gasteiger charge is -2.24. The normalized spacial score (nSPS) is 13.7. The summed E-state index contributed by atoms with van der Waals surface area (Å²) >= 11 is 0. The van der Waals surface area contributed by atoms with E-state index in [1.165, 1.54) is 12.1 Å². The number of phenols is 1. The number of carboxylic acids is 2. The first kappa shape index (κ1) is 33.1. The molecular weight excluding hydrogens is 576 g/mol. The Bertz CT molecular complexity index is 1520. The van der Waals surface area contributed by atoms with Crippen LogP contribution < -0.4 is 27.4 Å². The van der Waals surface area contributed by atoms with Crippen LogP contribution in [-0.4, -0.2) is 80.0 Å². The Morgan fingerprint density at radius 1 is 0.795 bits per heavy atom. The zero-order valence-corrected chi connectivity index (χ0v) is 23.5. The summed E-state index contributed by atoms with van der Waals surface area (Å²) in [7, 11) is 0. The van der Waals surface area contributed by atoms with Crippen molar-refractivity contribution in [2.24, 2.45) is 11.5 Å². The predicted molar refractivity (Wildman–Crippen MR) is 156 cm³/mol. The van der Waals surface area contributed by atoms with Crippen molar-refractivity contribution in [3.05, 3.63) is 65.9 Å². The molecule has 4 unspecified atom stereocenters. The first-order chi connectivity index (χ1) is 20.8. The van der Waals surface area contributed by atoms with Crippen molar-refractivity contribution in [1.29, 1.82) is 0 Å². The molecule has 4 atom stereocenters. The molecule has 15 nitrogen and oxygen atoms in total. The third-order valence-electron chi connectivity index (χ3n) is 6.76. The third-order valence-corrected chi connectivity index (χ3v) is 6.76. The maximum atomic E-state index is 13.2. The fourth-order valence-corrected chi connectivity index (χ4v) is 4.47. The third kappa shape index (κ3) is 9.55. The fraction of sp³-hybridized carbons (Fsp3) is 0.310. The second kappa shape index (κ2) is 15.2. The lowest BCUT2D eigenvalue weighted by molar-refractivity contribution is -0.143. The summed E-state index contributed by atoms with van der Waals surface area (Å²) in [5.41, 5.74) is 13.2. The van der Waals surface area contributed by atoms with Crippen LogP contribution in [0.5, 0.6) is 5.75 Å². The van der Waals surface area contributed by atoms with E-state index in [-0.39, 0.29) is 18.6 Å². The molecule has 1 aromatic heterocycles. The van der Waals surface area contributed by atoms with Crippen molar-refractivity contribution in [2.45, 2.75) is 56.3 Å². The Morgan fingerprint density at radius 3 is 2.05 bits per heavy atom. The fourth-order valence-electron chi connectivity index (χ4n) is 4.47. The van der Waals surface area contributed by atoms with E-state index in [9.17, 15) is 44.1 Å². The van der Waals surface area contributed by atoms with Gasteiger partial charge in [-0.3, -0.25) is 24.0 Å². The molecule has 3 rings (SSSR count). The molecule has 234 valence electrons. The number of H-pyrrole nitrogens is 1. The zero-order chi connectivity index (χ0) is 32.4. The number of aromatic hydroxyl groups is 1. The van der Waals surface area contributed by atoms with Gasteiger partial charge in [-0.05, 0) is 42.2 Å². The van der Waals surface area contributed by atoms with Gasteiger partial charge in [-0.25, -0.2) is 4.79 Å². The van der Waals surface area contributed by atoms with Gasteiger partial charge in [-0.1, -0.05) is 30.3 Å². The van der Waals surface area contributed by atoms with Crippen molar-refractivity contribution in [3.63, 3.8) is 0 Å². The summed E-state index contributed by atoms with van der Waals surface area (Å²) in [5.74, 6) is -6.45. The minimum atomic E-state index is -1.58. The first-order valence-corrected chi connectivity index (χ1v) is 13.6. The highest BCUT2D eigenvalue weighted by Gasteiger charge is 2.32. The molecule has 0 aliphatic carbocycles. The van der Waals surface area contributed by atoms with Crippen molar-refractivity contribution in [1.82, 2.24) is 20.9 Å². The molecule has 0 aliphatic heterocycles. The van der Waals surface area contributed by atoms with Gasteiger partial charge in [0.25, 0.3) is 0 Å². The van der Waals surface area contributed by atoms with Gasteiger partial charge in [0, 0.05) is 29.9 Å². The summed E-state index contributed by atoms with van der Waals surface area (Å²) in [6.45, 7) is 0. The number of hydrogen-bond acceptors (Lipinski definition) is 8. The monoisotopic (exact) mass is 610 g/mol. The largest absolute Gasteiger partial charge is 0.508 e. The average molecular weight is 611 g/mol. The van der Waals surface area contributed by atoms with E-state index in [1.54, 1.807) is 42.6 Å². The number of nitrogens with two attached hydrogens (primary N) is 2. The molecule has 0 saturated carbocycles. The zero-order valence-electron chi connectivity index (χ0n) is 23.5. The molecule has 4 amide bonds. The van der Waals surface area contributed by atoms with Gasteiger partial charge in [-0.2, -0.15) is 0 Å². The molecule has 44 heavy (non-hydrogen) atoms. The van der Waals surface area contributed by atoms with Gasteiger partial charge in [0.2, 0.25) is 23.6 Å². The molecule has 1 heterocycles. The number of amides is 4. The number of aliphatic carboxylic acids is 2. The molecular formula is C29H34N6O9. The van der Waals surface area contributed by atoms with Gasteiger partial charge in [0.1, 0.15) is 23.9 Å². The quantitative estimate of drug-likeness (QED) is 0.0980. The maximum absolute atomic E-state index is 13.2. The van der Waals surface area contributed by atoms with Crippen LogP contribution in [0.25, 0.3) is 10.9 Å². The Labute approximate surface area is 251 Å². The molecule has 0 aliphatic rings. The number of aromatic nitrogens is 1. The van der Waals surface area contributed by atoms with Crippen LogP contribution in [0.1, 0.15) is 30.4 Å². The first-order valence-electron chi connectivity index (χ1n) is 13.6. The number of phenolic OH excluding ortho intramolecular Hbond substituents is 1. The number of fused-ring (bicyclic) bond motifs is 1. The summed E-state index contributed by atoms with van der Waals surface area (Å²) in [4.78, 5) is 77.1. The number of nitrogens with one attached hydrogen (secondary N) is 4. The van der Waals surface area contributed by atoms with Gasteiger partial charge in [0.05, 0.1) is 12.5 Å². The molecule has 15 heteroatoms. The Hall–Kier alpha value is -5.44. The maximum Gasteiger partial charge on any atom is 0.326 e. The van der Waals surface area contributed by atoms with Crippen LogP contribution in [0.4, 0.5) is 0 Å². The van der Waals surface area contributed by atoms with E-state index >= 15 is 0 Å². The number of hydrogen-bond donors (Lipinski definition) is 9. The Kier molecular flexibility index (Phi) is 11.4. The van der Waals surface area contributed by atoms with Crippen LogP contribution in [-0.2, 0) is 41.6 Å². The van der Waals surface area contributed by atoms with Gasteiger partial charge < -0.3 is 47.7 Å². The molecule has 0 saturated heterocycles. The molecule has 0 radical (unpaired) electrons. The topological polar surface area (TPSA) is 267 Å².